The molecule has 0 saturated carbocycles. The van der Waals surface area contributed by atoms with E-state index in [-0.39, 0.29) is 37.3 Å². The highest BCUT2D eigenvalue weighted by atomic mass is 16.4. The fourth-order valence-electron chi connectivity index (χ4n) is 3.48. The van der Waals surface area contributed by atoms with Gasteiger partial charge in [0.1, 0.15) is 31.8 Å². The Balaban J connectivity index is 5.24. The summed E-state index contributed by atoms with van der Waals surface area (Å²) in [7, 11) is 0. The minimum Gasteiger partial charge on any atom is -0.550 e. The van der Waals surface area contributed by atoms with Gasteiger partial charge in [-0.2, -0.15) is 0 Å². The third-order valence-corrected chi connectivity index (χ3v) is 4.89. The van der Waals surface area contributed by atoms with Crippen LogP contribution in [0.5, 0.6) is 0 Å². The summed E-state index contributed by atoms with van der Waals surface area (Å²) < 4.78 is 0.150. The molecule has 3 N–H and O–H groups in total. The monoisotopic (exact) mass is 399 g/mol. The summed E-state index contributed by atoms with van der Waals surface area (Å²) in [4.78, 5) is 11.3. The van der Waals surface area contributed by atoms with Gasteiger partial charge in [0.25, 0.3) is 0 Å². The molecule has 3 unspecified atom stereocenters. The first-order valence-electron chi connectivity index (χ1n) is 10.6. The van der Waals surface area contributed by atoms with E-state index < -0.39 is 24.1 Å². The van der Waals surface area contributed by atoms with Crippen molar-refractivity contribution in [2.75, 3.05) is 32.8 Å². The molecule has 0 heterocycles. The van der Waals surface area contributed by atoms with Gasteiger partial charge < -0.3 is 29.7 Å². The Labute approximate surface area is 170 Å². The number of carboxylic acids is 1. The van der Waals surface area contributed by atoms with Crippen LogP contribution in [0.15, 0.2) is 24.3 Å². The maximum atomic E-state index is 11.3. The van der Waals surface area contributed by atoms with Crippen LogP contribution >= 0.6 is 0 Å². The van der Waals surface area contributed by atoms with Gasteiger partial charge in [0.05, 0.1) is 13.2 Å². The first-order valence-corrected chi connectivity index (χ1v) is 10.6. The highest BCUT2D eigenvalue weighted by molar-refractivity contribution is 5.67. The SMILES string of the molecule is CCC/C=C/CC(O)C[N+](CCO)(CC(O)C/C=C/CCC)CC(C)C(=O)[O-]. The van der Waals surface area contributed by atoms with Gasteiger partial charge in [-0.05, 0) is 25.7 Å². The molecule has 0 aliphatic heterocycles. The molecule has 0 saturated heterocycles. The summed E-state index contributed by atoms with van der Waals surface area (Å²) in [6.45, 7) is 6.65. The van der Waals surface area contributed by atoms with Crippen LogP contribution in [0.1, 0.15) is 59.3 Å². The van der Waals surface area contributed by atoms with Crippen LogP contribution in [0.2, 0.25) is 0 Å². The molecule has 0 aromatic carbocycles. The lowest BCUT2D eigenvalue weighted by Gasteiger charge is -2.42. The van der Waals surface area contributed by atoms with Crippen LogP contribution in [0.25, 0.3) is 0 Å². The van der Waals surface area contributed by atoms with Gasteiger partial charge in [-0.25, -0.2) is 0 Å². The topological polar surface area (TPSA) is 101 Å². The molecule has 0 fully saturated rings. The van der Waals surface area contributed by atoms with Crippen LogP contribution in [0.4, 0.5) is 0 Å². The van der Waals surface area contributed by atoms with Crippen molar-refractivity contribution in [1.82, 2.24) is 0 Å². The lowest BCUT2D eigenvalue weighted by Crippen LogP contribution is -2.60. The summed E-state index contributed by atoms with van der Waals surface area (Å²) in [6, 6.07) is 0. The molecule has 0 rings (SSSR count). The van der Waals surface area contributed by atoms with Crippen LogP contribution in [-0.2, 0) is 4.79 Å². The second-order valence-corrected chi connectivity index (χ2v) is 7.86. The number of carbonyl (C=O) groups is 1. The average Bonchev–Trinajstić information content (AvgIpc) is 2.62. The van der Waals surface area contributed by atoms with Gasteiger partial charge in [-0.3, -0.25) is 0 Å². The summed E-state index contributed by atoms with van der Waals surface area (Å²) in [5.74, 6) is -1.90. The fraction of sp³-hybridized carbons (Fsp3) is 0.773. The molecule has 6 nitrogen and oxygen atoms in total. The molecule has 28 heavy (non-hydrogen) atoms. The van der Waals surface area contributed by atoms with E-state index in [2.05, 4.69) is 13.8 Å². The number of aliphatic hydroxyl groups is 3. The first-order chi connectivity index (χ1) is 13.3. The number of carbonyl (C=O) groups excluding carboxylic acids is 1. The Morgan fingerprint density at radius 1 is 0.929 bits per heavy atom. The Hall–Kier alpha value is -1.21. The van der Waals surface area contributed by atoms with Gasteiger partial charge in [0.2, 0.25) is 0 Å². The highest BCUT2D eigenvalue weighted by Crippen LogP contribution is 2.17. The van der Waals surface area contributed by atoms with Crippen molar-refractivity contribution in [2.24, 2.45) is 5.92 Å². The largest absolute Gasteiger partial charge is 0.550 e. The Morgan fingerprint density at radius 3 is 1.75 bits per heavy atom. The number of rotatable bonds is 17. The second-order valence-electron chi connectivity index (χ2n) is 7.86. The molecule has 0 radical (unpaired) electrons. The van der Waals surface area contributed by atoms with Gasteiger partial charge in [-0.15, -0.1) is 0 Å². The molecular formula is C22H41NO5. The van der Waals surface area contributed by atoms with Crippen molar-refractivity contribution in [2.45, 2.75) is 71.5 Å². The van der Waals surface area contributed by atoms with Crippen LogP contribution < -0.4 is 5.11 Å². The number of hydrogen-bond acceptors (Lipinski definition) is 5. The molecule has 6 heteroatoms. The quantitative estimate of drug-likeness (QED) is 0.253. The number of nitrogens with zero attached hydrogens (tertiary/aromatic N) is 1. The van der Waals surface area contributed by atoms with Crippen molar-refractivity contribution >= 4 is 5.97 Å². The highest BCUT2D eigenvalue weighted by Gasteiger charge is 2.34. The van der Waals surface area contributed by atoms with Crippen molar-refractivity contribution in [3.05, 3.63) is 24.3 Å². The van der Waals surface area contributed by atoms with E-state index >= 15 is 0 Å². The van der Waals surface area contributed by atoms with Crippen LogP contribution in [-0.4, -0.2) is 70.8 Å². The molecule has 0 aromatic rings. The fourth-order valence-corrected chi connectivity index (χ4v) is 3.48. The first kappa shape index (κ1) is 26.8. The molecule has 0 amide bonds. The van der Waals surface area contributed by atoms with Crippen LogP contribution in [0.3, 0.4) is 0 Å². The Kier molecular flexibility index (Phi) is 15.0. The van der Waals surface area contributed by atoms with E-state index in [4.69, 9.17) is 0 Å². The standard InChI is InChI=1S/C22H41NO5/c1-4-6-8-10-12-20(25)17-23(14-15-24,16-19(3)22(27)28)18-21(26)13-11-9-7-5-2/h8-11,19-21,24-26H,4-7,12-18H2,1-3H3/b10-8+,11-9+. The normalized spacial score (nSPS) is 17.6. The van der Waals surface area contributed by atoms with E-state index in [9.17, 15) is 25.2 Å². The number of aliphatic hydroxyl groups excluding tert-OH is 3. The van der Waals surface area contributed by atoms with E-state index in [0.29, 0.717) is 12.8 Å². The van der Waals surface area contributed by atoms with E-state index in [1.165, 1.54) is 0 Å². The summed E-state index contributed by atoms with van der Waals surface area (Å²) >= 11 is 0. The lowest BCUT2D eigenvalue weighted by atomic mass is 10.1. The average molecular weight is 400 g/mol. The van der Waals surface area contributed by atoms with Gasteiger partial charge in [-0.1, -0.05) is 57.9 Å². The van der Waals surface area contributed by atoms with E-state index in [0.717, 1.165) is 25.7 Å². The Bertz CT molecular complexity index is 438. The zero-order valence-corrected chi connectivity index (χ0v) is 17.9. The molecule has 0 aliphatic carbocycles. The number of hydrogen-bond donors (Lipinski definition) is 3. The van der Waals surface area contributed by atoms with Crippen molar-refractivity contribution in [3.63, 3.8) is 0 Å². The molecule has 3 atom stereocenters. The third-order valence-electron chi connectivity index (χ3n) is 4.89. The lowest BCUT2D eigenvalue weighted by molar-refractivity contribution is -0.936. The van der Waals surface area contributed by atoms with Crippen molar-refractivity contribution < 1.29 is 29.7 Å². The van der Waals surface area contributed by atoms with Gasteiger partial charge in [0, 0.05) is 11.9 Å². The van der Waals surface area contributed by atoms with Gasteiger partial charge in [0.15, 0.2) is 0 Å². The van der Waals surface area contributed by atoms with Crippen LogP contribution in [0, 0.1) is 5.92 Å². The number of allylic oxidation sites excluding steroid dienone is 2. The number of aliphatic carboxylic acids is 1. The maximum Gasteiger partial charge on any atom is 0.106 e. The predicted octanol–water partition coefficient (Wildman–Crippen LogP) is 1.40. The van der Waals surface area contributed by atoms with E-state index in [1.54, 1.807) is 6.92 Å². The minimum atomic E-state index is -1.16. The van der Waals surface area contributed by atoms with Gasteiger partial charge >= 0.3 is 0 Å². The third kappa shape index (κ3) is 12.3. The number of carboxylic acid groups (broad SMARTS) is 1. The molecule has 0 bridgehead atoms. The molecule has 0 aromatic heterocycles. The zero-order valence-electron chi connectivity index (χ0n) is 17.9. The Morgan fingerprint density at radius 2 is 1.39 bits per heavy atom. The molecule has 0 spiro atoms. The zero-order chi connectivity index (χ0) is 21.4. The minimum absolute atomic E-state index is 0.142. The second kappa shape index (κ2) is 15.7. The summed E-state index contributed by atoms with van der Waals surface area (Å²) in [6.07, 6.45) is 11.5. The molecule has 0 aliphatic rings. The van der Waals surface area contributed by atoms with Crippen molar-refractivity contribution in [1.29, 1.82) is 0 Å². The predicted molar refractivity (Wildman–Crippen MR) is 110 cm³/mol. The number of unbranched alkanes of at least 4 members (excludes halogenated alkanes) is 2. The summed E-state index contributed by atoms with van der Waals surface area (Å²) in [5.41, 5.74) is 0. The summed E-state index contributed by atoms with van der Waals surface area (Å²) in [5, 5.41) is 41.9. The maximum absolute atomic E-state index is 11.3. The van der Waals surface area contributed by atoms with E-state index in [1.807, 2.05) is 24.3 Å². The van der Waals surface area contributed by atoms with Crippen molar-refractivity contribution in [3.8, 4) is 0 Å². The number of quaternary nitrogens is 1. The molecular weight excluding hydrogens is 358 g/mol. The molecule has 164 valence electrons. The smallest absolute Gasteiger partial charge is 0.106 e.